The fourth-order valence-electron chi connectivity index (χ4n) is 2.11. The van der Waals surface area contributed by atoms with Gasteiger partial charge in [0.1, 0.15) is 0 Å². The number of nitrogens with zero attached hydrogens (tertiary/aromatic N) is 1. The Bertz CT molecular complexity index is 345. The van der Waals surface area contributed by atoms with Gasteiger partial charge in [-0.05, 0) is 38.0 Å². The molecule has 1 aromatic carbocycles. The van der Waals surface area contributed by atoms with Crippen molar-refractivity contribution in [3.8, 4) is 0 Å². The second-order valence-corrected chi connectivity index (χ2v) is 4.99. The van der Waals surface area contributed by atoms with Gasteiger partial charge in [0, 0.05) is 28.8 Å². The van der Waals surface area contributed by atoms with Crippen LogP contribution in [0.5, 0.6) is 0 Å². The molecule has 1 aliphatic heterocycles. The van der Waals surface area contributed by atoms with Crippen molar-refractivity contribution >= 4 is 21.6 Å². The maximum absolute atomic E-state index is 9.74. The molecule has 0 amide bonds. The first-order valence-corrected chi connectivity index (χ1v) is 6.20. The first kappa shape index (κ1) is 11.0. The molecule has 0 aliphatic carbocycles. The van der Waals surface area contributed by atoms with Crippen molar-refractivity contribution in [2.45, 2.75) is 25.9 Å². The lowest BCUT2D eigenvalue weighted by atomic mass is 10.1. The van der Waals surface area contributed by atoms with Crippen LogP contribution in [-0.4, -0.2) is 18.2 Å². The van der Waals surface area contributed by atoms with E-state index in [4.69, 9.17) is 0 Å². The maximum Gasteiger partial charge on any atom is 0.0782 e. The molecule has 2 rings (SSSR count). The predicted octanol–water partition coefficient (Wildman–Crippen LogP) is 3.10. The number of hydrogen-bond donors (Lipinski definition) is 1. The topological polar surface area (TPSA) is 23.5 Å². The van der Waals surface area contributed by atoms with E-state index < -0.39 is 6.10 Å². The van der Waals surface area contributed by atoms with Crippen LogP contribution in [0.4, 0.5) is 5.69 Å². The normalized spacial score (nSPS) is 18.2. The van der Waals surface area contributed by atoms with Gasteiger partial charge in [0.25, 0.3) is 0 Å². The molecular formula is C12H16BrNO. The van der Waals surface area contributed by atoms with Gasteiger partial charge in [-0.25, -0.2) is 0 Å². The Morgan fingerprint density at radius 2 is 2.00 bits per heavy atom. The minimum Gasteiger partial charge on any atom is -0.389 e. The lowest BCUT2D eigenvalue weighted by molar-refractivity contribution is 0.199. The summed E-state index contributed by atoms with van der Waals surface area (Å²) in [5.74, 6) is 0. The Morgan fingerprint density at radius 3 is 2.60 bits per heavy atom. The van der Waals surface area contributed by atoms with Crippen molar-refractivity contribution in [2.24, 2.45) is 0 Å². The standard InChI is InChI=1S/C12H16BrNO/c1-9(15)11-8-10(13)4-5-12(11)14-6-2-3-7-14/h4-5,8-9,15H,2-3,6-7H2,1H3. The van der Waals surface area contributed by atoms with E-state index in [9.17, 15) is 5.11 Å². The molecule has 2 nitrogen and oxygen atoms in total. The smallest absolute Gasteiger partial charge is 0.0782 e. The predicted molar refractivity (Wildman–Crippen MR) is 66.2 cm³/mol. The molecule has 1 saturated heterocycles. The molecule has 0 radical (unpaired) electrons. The van der Waals surface area contributed by atoms with Crippen molar-refractivity contribution < 1.29 is 5.11 Å². The van der Waals surface area contributed by atoms with Crippen LogP contribution in [0.2, 0.25) is 0 Å². The molecule has 1 aliphatic rings. The minimum absolute atomic E-state index is 0.405. The number of aliphatic hydroxyl groups excluding tert-OH is 1. The Balaban J connectivity index is 2.36. The van der Waals surface area contributed by atoms with Gasteiger partial charge in [-0.1, -0.05) is 15.9 Å². The number of aliphatic hydroxyl groups is 1. The zero-order valence-corrected chi connectivity index (χ0v) is 10.5. The molecule has 3 heteroatoms. The van der Waals surface area contributed by atoms with Crippen molar-refractivity contribution in [2.75, 3.05) is 18.0 Å². The van der Waals surface area contributed by atoms with E-state index in [0.717, 1.165) is 23.1 Å². The largest absolute Gasteiger partial charge is 0.389 e. The summed E-state index contributed by atoms with van der Waals surface area (Å²) in [5.41, 5.74) is 2.21. The number of rotatable bonds is 2. The van der Waals surface area contributed by atoms with Gasteiger partial charge in [0.15, 0.2) is 0 Å². The molecule has 82 valence electrons. The maximum atomic E-state index is 9.74. The molecule has 1 unspecified atom stereocenters. The molecule has 1 fully saturated rings. The van der Waals surface area contributed by atoms with Crippen LogP contribution < -0.4 is 4.90 Å². The van der Waals surface area contributed by atoms with Crippen molar-refractivity contribution in [1.82, 2.24) is 0 Å². The number of benzene rings is 1. The summed E-state index contributed by atoms with van der Waals surface area (Å²) in [7, 11) is 0. The van der Waals surface area contributed by atoms with Gasteiger partial charge in [0.05, 0.1) is 6.10 Å². The molecule has 1 heterocycles. The van der Waals surface area contributed by atoms with E-state index in [2.05, 4.69) is 26.9 Å². The number of anilines is 1. The van der Waals surface area contributed by atoms with Crippen LogP contribution >= 0.6 is 15.9 Å². The third-order valence-electron chi connectivity index (χ3n) is 2.89. The highest BCUT2D eigenvalue weighted by Gasteiger charge is 2.17. The van der Waals surface area contributed by atoms with Crippen LogP contribution in [0.1, 0.15) is 31.4 Å². The molecule has 0 spiro atoms. The third kappa shape index (κ3) is 2.34. The lowest BCUT2D eigenvalue weighted by Crippen LogP contribution is -2.19. The van der Waals surface area contributed by atoms with Crippen LogP contribution in [0.3, 0.4) is 0 Å². The van der Waals surface area contributed by atoms with Gasteiger partial charge < -0.3 is 10.0 Å². The fraction of sp³-hybridized carbons (Fsp3) is 0.500. The summed E-state index contributed by atoms with van der Waals surface area (Å²) >= 11 is 3.44. The SMILES string of the molecule is CC(O)c1cc(Br)ccc1N1CCCC1. The molecule has 0 aromatic heterocycles. The fourth-order valence-corrected chi connectivity index (χ4v) is 2.48. The van der Waals surface area contributed by atoms with Crippen LogP contribution in [0, 0.1) is 0 Å². The second-order valence-electron chi connectivity index (χ2n) is 4.07. The van der Waals surface area contributed by atoms with E-state index in [1.807, 2.05) is 19.1 Å². The van der Waals surface area contributed by atoms with Crippen molar-refractivity contribution in [3.63, 3.8) is 0 Å². The first-order chi connectivity index (χ1) is 7.18. The summed E-state index contributed by atoms with van der Waals surface area (Å²) < 4.78 is 1.03. The Labute approximate surface area is 99.0 Å². The molecule has 15 heavy (non-hydrogen) atoms. The summed E-state index contributed by atoms with van der Waals surface area (Å²) in [6.45, 7) is 4.05. The monoisotopic (exact) mass is 269 g/mol. The third-order valence-corrected chi connectivity index (χ3v) is 3.38. The first-order valence-electron chi connectivity index (χ1n) is 5.41. The zero-order valence-electron chi connectivity index (χ0n) is 8.91. The van der Waals surface area contributed by atoms with Gasteiger partial charge in [-0.2, -0.15) is 0 Å². The highest BCUT2D eigenvalue weighted by atomic mass is 79.9. The van der Waals surface area contributed by atoms with Crippen molar-refractivity contribution in [3.05, 3.63) is 28.2 Å². The van der Waals surface area contributed by atoms with Gasteiger partial charge in [0.2, 0.25) is 0 Å². The van der Waals surface area contributed by atoms with Crippen molar-refractivity contribution in [1.29, 1.82) is 0 Å². The van der Waals surface area contributed by atoms with E-state index >= 15 is 0 Å². The number of hydrogen-bond acceptors (Lipinski definition) is 2. The van der Waals surface area contributed by atoms with Crippen LogP contribution in [-0.2, 0) is 0 Å². The van der Waals surface area contributed by atoms with Crippen LogP contribution in [0.25, 0.3) is 0 Å². The summed E-state index contributed by atoms with van der Waals surface area (Å²) in [6.07, 6.45) is 2.11. The van der Waals surface area contributed by atoms with Gasteiger partial charge >= 0.3 is 0 Å². The Hall–Kier alpha value is -0.540. The number of halogens is 1. The zero-order chi connectivity index (χ0) is 10.8. The summed E-state index contributed by atoms with van der Waals surface area (Å²) in [5, 5.41) is 9.74. The molecule has 1 atom stereocenters. The summed E-state index contributed by atoms with van der Waals surface area (Å²) in [4.78, 5) is 2.36. The summed E-state index contributed by atoms with van der Waals surface area (Å²) in [6, 6.07) is 6.15. The molecule has 0 saturated carbocycles. The lowest BCUT2D eigenvalue weighted by Gasteiger charge is -2.22. The molecular weight excluding hydrogens is 254 g/mol. The molecule has 1 aromatic rings. The van der Waals surface area contributed by atoms with Crippen LogP contribution in [0.15, 0.2) is 22.7 Å². The highest BCUT2D eigenvalue weighted by Crippen LogP contribution is 2.31. The quantitative estimate of drug-likeness (QED) is 0.892. The molecule has 1 N–H and O–H groups in total. The van der Waals surface area contributed by atoms with Gasteiger partial charge in [-0.3, -0.25) is 0 Å². The van der Waals surface area contributed by atoms with Gasteiger partial charge in [-0.15, -0.1) is 0 Å². The highest BCUT2D eigenvalue weighted by molar-refractivity contribution is 9.10. The van der Waals surface area contributed by atoms with E-state index in [-0.39, 0.29) is 0 Å². The van der Waals surface area contributed by atoms with E-state index in [0.29, 0.717) is 0 Å². The van der Waals surface area contributed by atoms with E-state index in [1.54, 1.807) is 0 Å². The average molecular weight is 270 g/mol. The molecule has 0 bridgehead atoms. The minimum atomic E-state index is -0.405. The average Bonchev–Trinajstić information content (AvgIpc) is 2.70. The van der Waals surface area contributed by atoms with E-state index in [1.165, 1.54) is 18.5 Å². The second kappa shape index (κ2) is 4.54. The Morgan fingerprint density at radius 1 is 1.33 bits per heavy atom. The Kier molecular flexibility index (Phi) is 3.32.